The van der Waals surface area contributed by atoms with Gasteiger partial charge in [-0.2, -0.15) is 0 Å². The summed E-state index contributed by atoms with van der Waals surface area (Å²) in [7, 11) is 0. The van der Waals surface area contributed by atoms with Crippen LogP contribution in [0.25, 0.3) is 0 Å². The number of nitrogens with one attached hydrogen (secondary N) is 1. The second-order valence-electron chi connectivity index (χ2n) is 8.72. The smallest absolute Gasteiger partial charge is 0.244 e. The molecule has 0 bridgehead atoms. The number of rotatable bonds is 7. The molecular weight excluding hydrogens is 400 g/mol. The van der Waals surface area contributed by atoms with E-state index in [2.05, 4.69) is 40.2 Å². The molecule has 2 saturated heterocycles. The zero-order valence-electron chi connectivity index (χ0n) is 19.0. The first-order valence-electron chi connectivity index (χ1n) is 11.8. The van der Waals surface area contributed by atoms with Crippen molar-refractivity contribution in [2.75, 3.05) is 51.1 Å². The van der Waals surface area contributed by atoms with Crippen molar-refractivity contribution in [1.82, 2.24) is 14.7 Å². The molecule has 0 spiro atoms. The number of piperazine rings is 1. The summed E-state index contributed by atoms with van der Waals surface area (Å²) in [6.45, 7) is 7.30. The molecule has 170 valence electrons. The van der Waals surface area contributed by atoms with Crippen molar-refractivity contribution in [1.29, 1.82) is 0 Å². The van der Waals surface area contributed by atoms with Crippen molar-refractivity contribution in [3.05, 3.63) is 65.7 Å². The minimum Gasteiger partial charge on any atom is -0.341 e. The van der Waals surface area contributed by atoms with Crippen LogP contribution in [-0.4, -0.2) is 72.3 Å². The van der Waals surface area contributed by atoms with E-state index in [-0.39, 0.29) is 17.9 Å². The minimum atomic E-state index is -0.235. The third-order valence-electron chi connectivity index (χ3n) is 6.58. The Morgan fingerprint density at radius 1 is 0.875 bits per heavy atom. The highest BCUT2D eigenvalue weighted by molar-refractivity contribution is 5.93. The van der Waals surface area contributed by atoms with Gasteiger partial charge in [-0.1, -0.05) is 55.5 Å². The summed E-state index contributed by atoms with van der Waals surface area (Å²) in [4.78, 5) is 32.5. The fourth-order valence-electron chi connectivity index (χ4n) is 4.78. The Hall–Kier alpha value is -2.70. The number of amides is 2. The first kappa shape index (κ1) is 22.5. The van der Waals surface area contributed by atoms with E-state index >= 15 is 0 Å². The van der Waals surface area contributed by atoms with E-state index in [0.717, 1.165) is 75.3 Å². The molecule has 1 N–H and O–H groups in total. The summed E-state index contributed by atoms with van der Waals surface area (Å²) >= 11 is 0. The van der Waals surface area contributed by atoms with Crippen LogP contribution >= 0.6 is 0 Å². The molecule has 2 aromatic rings. The van der Waals surface area contributed by atoms with E-state index in [4.69, 9.17) is 0 Å². The highest BCUT2D eigenvalue weighted by atomic mass is 16.2. The molecule has 0 radical (unpaired) electrons. The van der Waals surface area contributed by atoms with Crippen LogP contribution < -0.4 is 5.32 Å². The molecule has 1 atom stereocenters. The van der Waals surface area contributed by atoms with Crippen molar-refractivity contribution < 1.29 is 9.59 Å². The van der Waals surface area contributed by atoms with Crippen LogP contribution in [0.3, 0.4) is 0 Å². The zero-order chi connectivity index (χ0) is 22.3. The minimum absolute atomic E-state index is 0.0205. The van der Waals surface area contributed by atoms with Gasteiger partial charge in [-0.15, -0.1) is 0 Å². The summed E-state index contributed by atoms with van der Waals surface area (Å²) < 4.78 is 0. The van der Waals surface area contributed by atoms with Crippen LogP contribution in [0.1, 0.15) is 36.9 Å². The van der Waals surface area contributed by atoms with Crippen LogP contribution in [0.2, 0.25) is 0 Å². The zero-order valence-corrected chi connectivity index (χ0v) is 19.0. The largest absolute Gasteiger partial charge is 0.341 e. The Morgan fingerprint density at radius 3 is 2.22 bits per heavy atom. The molecule has 0 saturated carbocycles. The summed E-state index contributed by atoms with van der Waals surface area (Å²) in [5.74, 6) is 0.239. The Morgan fingerprint density at radius 2 is 1.53 bits per heavy atom. The number of benzene rings is 2. The molecule has 0 aliphatic carbocycles. The van der Waals surface area contributed by atoms with Gasteiger partial charge >= 0.3 is 0 Å². The highest BCUT2D eigenvalue weighted by Crippen LogP contribution is 2.26. The topological polar surface area (TPSA) is 55.9 Å². The highest BCUT2D eigenvalue weighted by Gasteiger charge is 2.34. The second-order valence-corrected chi connectivity index (χ2v) is 8.72. The number of nitrogens with zero attached hydrogens (tertiary/aromatic N) is 3. The summed E-state index contributed by atoms with van der Waals surface area (Å²) in [6, 6.07) is 17.9. The van der Waals surface area contributed by atoms with E-state index < -0.39 is 0 Å². The van der Waals surface area contributed by atoms with E-state index in [1.54, 1.807) is 0 Å². The molecular formula is C26H34N4O2. The maximum absolute atomic E-state index is 13.4. The normalized spacial score (nSPS) is 18.5. The molecule has 2 amide bonds. The maximum Gasteiger partial charge on any atom is 0.244 e. The van der Waals surface area contributed by atoms with Crippen molar-refractivity contribution in [2.45, 2.75) is 32.2 Å². The van der Waals surface area contributed by atoms with E-state index in [9.17, 15) is 9.59 Å². The van der Waals surface area contributed by atoms with Crippen LogP contribution in [-0.2, 0) is 16.0 Å². The predicted octanol–water partition coefficient (Wildman–Crippen LogP) is 3.17. The number of likely N-dealkylation sites (tertiary alicyclic amines) is 1. The lowest BCUT2D eigenvalue weighted by molar-refractivity contribution is -0.137. The van der Waals surface area contributed by atoms with E-state index in [1.807, 2.05) is 41.3 Å². The van der Waals surface area contributed by atoms with Gasteiger partial charge in [-0.25, -0.2) is 0 Å². The molecule has 2 aliphatic rings. The first-order chi connectivity index (χ1) is 15.7. The molecule has 0 unspecified atom stereocenters. The second kappa shape index (κ2) is 10.7. The van der Waals surface area contributed by atoms with Crippen LogP contribution in [0.5, 0.6) is 0 Å². The summed E-state index contributed by atoms with van der Waals surface area (Å²) in [5, 5.41) is 3.07. The van der Waals surface area contributed by atoms with Crippen molar-refractivity contribution >= 4 is 17.5 Å². The Kier molecular flexibility index (Phi) is 7.55. The average Bonchev–Trinajstić information content (AvgIpc) is 3.36. The van der Waals surface area contributed by atoms with Gasteiger partial charge in [0.25, 0.3) is 0 Å². The summed E-state index contributed by atoms with van der Waals surface area (Å²) in [5.41, 5.74) is 3.11. The number of para-hydroxylation sites is 1. The van der Waals surface area contributed by atoms with E-state index in [1.165, 1.54) is 0 Å². The van der Waals surface area contributed by atoms with Gasteiger partial charge in [-0.05, 0) is 36.5 Å². The molecule has 6 heteroatoms. The van der Waals surface area contributed by atoms with Crippen molar-refractivity contribution in [3.63, 3.8) is 0 Å². The third kappa shape index (κ3) is 5.37. The van der Waals surface area contributed by atoms with Gasteiger partial charge in [-0.3, -0.25) is 19.4 Å². The molecule has 6 nitrogen and oxygen atoms in total. The molecule has 2 heterocycles. The number of anilines is 1. The number of hydrogen-bond acceptors (Lipinski definition) is 4. The summed E-state index contributed by atoms with van der Waals surface area (Å²) in [6.07, 6.45) is 3.08. The van der Waals surface area contributed by atoms with Crippen molar-refractivity contribution in [2.24, 2.45) is 0 Å². The molecule has 0 aromatic heterocycles. The van der Waals surface area contributed by atoms with Crippen LogP contribution in [0.4, 0.5) is 5.69 Å². The third-order valence-corrected chi connectivity index (χ3v) is 6.58. The number of carbonyl (C=O) groups excluding carboxylic acids is 2. The van der Waals surface area contributed by atoms with Gasteiger partial charge < -0.3 is 10.2 Å². The van der Waals surface area contributed by atoms with Gasteiger partial charge in [0.1, 0.15) is 6.04 Å². The van der Waals surface area contributed by atoms with Crippen LogP contribution in [0.15, 0.2) is 54.6 Å². The van der Waals surface area contributed by atoms with Gasteiger partial charge in [0.05, 0.1) is 6.54 Å². The fraction of sp³-hybridized carbons (Fsp3) is 0.462. The van der Waals surface area contributed by atoms with Gasteiger partial charge in [0, 0.05) is 45.0 Å². The van der Waals surface area contributed by atoms with Crippen molar-refractivity contribution in [3.8, 4) is 0 Å². The van der Waals surface area contributed by atoms with Gasteiger partial charge in [0.15, 0.2) is 0 Å². The quantitative estimate of drug-likeness (QED) is 0.727. The molecule has 4 rings (SSSR count). The van der Waals surface area contributed by atoms with E-state index in [0.29, 0.717) is 6.54 Å². The Labute approximate surface area is 191 Å². The Balaban J connectivity index is 1.36. The number of carbonyl (C=O) groups is 2. The first-order valence-corrected chi connectivity index (χ1v) is 11.8. The number of aryl methyl sites for hydroxylation is 1. The predicted molar refractivity (Wildman–Crippen MR) is 127 cm³/mol. The van der Waals surface area contributed by atoms with Gasteiger partial charge in [0.2, 0.25) is 11.8 Å². The lowest BCUT2D eigenvalue weighted by Gasteiger charge is -2.39. The SMILES string of the molecule is CCc1ccccc1NC(=O)CN1CCN([C@@H](C(=O)N2CCCC2)c2ccccc2)CC1. The monoisotopic (exact) mass is 434 g/mol. The molecule has 2 aliphatic heterocycles. The number of hydrogen-bond donors (Lipinski definition) is 1. The standard InChI is InChI=1S/C26H34N4O2/c1-2-21-10-6-7-13-23(21)27-24(31)20-28-16-18-29(19-17-28)25(22-11-4-3-5-12-22)26(32)30-14-8-9-15-30/h3-7,10-13,25H,2,8-9,14-20H2,1H3,(H,27,31)/t25-/m1/s1. The average molecular weight is 435 g/mol. The molecule has 2 fully saturated rings. The maximum atomic E-state index is 13.4. The lowest BCUT2D eigenvalue weighted by atomic mass is 10.0. The van der Waals surface area contributed by atoms with Crippen LogP contribution in [0, 0.1) is 0 Å². The lowest BCUT2D eigenvalue weighted by Crippen LogP contribution is -2.52. The Bertz CT molecular complexity index is 903. The molecule has 2 aromatic carbocycles. The molecule has 32 heavy (non-hydrogen) atoms. The fourth-order valence-corrected chi connectivity index (χ4v) is 4.78.